The molecule has 2 fully saturated rings. The summed E-state index contributed by atoms with van der Waals surface area (Å²) in [4.78, 5) is 5.01. The number of rotatable bonds is 3. The van der Waals surface area contributed by atoms with Gasteiger partial charge in [0.15, 0.2) is 0 Å². The van der Waals surface area contributed by atoms with Gasteiger partial charge in [-0.2, -0.15) is 0 Å². The van der Waals surface area contributed by atoms with Crippen LogP contribution >= 0.6 is 0 Å². The van der Waals surface area contributed by atoms with E-state index in [9.17, 15) is 0 Å². The maximum absolute atomic E-state index is 2.53. The zero-order valence-electron chi connectivity index (χ0n) is 5.84. The molecule has 0 N–H and O–H groups in total. The van der Waals surface area contributed by atoms with Gasteiger partial charge < -0.3 is 4.90 Å². The Labute approximate surface area is 56.4 Å². The molecule has 0 atom stereocenters. The van der Waals surface area contributed by atoms with E-state index >= 15 is 0 Å². The Kier molecular flexibility index (Phi) is 1.44. The fraction of sp³-hybridized carbons (Fsp3) is 1.00. The van der Waals surface area contributed by atoms with Gasteiger partial charge in [0.1, 0.15) is 0 Å². The normalized spacial score (nSPS) is 28.0. The van der Waals surface area contributed by atoms with Crippen LogP contribution in [0.5, 0.6) is 0 Å². The summed E-state index contributed by atoms with van der Waals surface area (Å²) < 4.78 is 0. The van der Waals surface area contributed by atoms with Crippen molar-refractivity contribution in [3.8, 4) is 0 Å². The van der Waals surface area contributed by atoms with Crippen LogP contribution in [0.1, 0.15) is 6.42 Å². The van der Waals surface area contributed by atoms with Gasteiger partial charge in [-0.15, -0.1) is 0 Å². The average molecular weight is 126 g/mol. The Bertz CT molecular complexity index is 95.1. The van der Waals surface area contributed by atoms with E-state index in [1.807, 2.05) is 0 Å². The molecule has 52 valence electrons. The quantitative estimate of drug-likeness (QED) is 0.491. The van der Waals surface area contributed by atoms with Crippen LogP contribution < -0.4 is 0 Å². The standard InChI is InChI=1S/C7H14N2/c1-2-8(3-1)4-5-9-6-7-9/h1-7H2. The highest BCUT2D eigenvalue weighted by Gasteiger charge is 2.19. The van der Waals surface area contributed by atoms with Crippen molar-refractivity contribution < 1.29 is 0 Å². The van der Waals surface area contributed by atoms with E-state index in [1.54, 1.807) is 0 Å². The molecule has 0 unspecified atom stereocenters. The smallest absolute Gasteiger partial charge is 0.0110 e. The Hall–Kier alpha value is -0.0800. The molecular formula is C7H14N2. The van der Waals surface area contributed by atoms with Crippen LogP contribution in [0.25, 0.3) is 0 Å². The van der Waals surface area contributed by atoms with Crippen molar-refractivity contribution in [1.82, 2.24) is 9.80 Å². The Balaban J connectivity index is 1.55. The molecule has 2 nitrogen and oxygen atoms in total. The van der Waals surface area contributed by atoms with E-state index in [0.29, 0.717) is 0 Å². The molecule has 2 heteroatoms. The van der Waals surface area contributed by atoms with Crippen molar-refractivity contribution in [1.29, 1.82) is 0 Å². The molecule has 2 aliphatic heterocycles. The van der Waals surface area contributed by atoms with Gasteiger partial charge in [-0.1, -0.05) is 0 Å². The van der Waals surface area contributed by atoms with Crippen molar-refractivity contribution in [2.24, 2.45) is 0 Å². The molecule has 9 heavy (non-hydrogen) atoms. The van der Waals surface area contributed by atoms with Gasteiger partial charge in [-0.05, 0) is 19.5 Å². The topological polar surface area (TPSA) is 6.25 Å². The monoisotopic (exact) mass is 126 g/mol. The van der Waals surface area contributed by atoms with E-state index < -0.39 is 0 Å². The third-order valence-corrected chi connectivity index (χ3v) is 2.22. The minimum atomic E-state index is 1.32. The van der Waals surface area contributed by atoms with Gasteiger partial charge in [0.25, 0.3) is 0 Å². The zero-order valence-corrected chi connectivity index (χ0v) is 5.84. The van der Waals surface area contributed by atoms with Gasteiger partial charge in [0.05, 0.1) is 0 Å². The number of nitrogens with zero attached hydrogens (tertiary/aromatic N) is 2. The molecule has 0 bridgehead atoms. The molecule has 2 rings (SSSR count). The molecule has 0 aromatic rings. The summed E-state index contributed by atoms with van der Waals surface area (Å²) in [7, 11) is 0. The van der Waals surface area contributed by atoms with Gasteiger partial charge in [0.2, 0.25) is 0 Å². The first-order valence-electron chi connectivity index (χ1n) is 3.90. The molecule has 0 spiro atoms. The van der Waals surface area contributed by atoms with E-state index in [1.165, 1.54) is 45.7 Å². The summed E-state index contributed by atoms with van der Waals surface area (Å²) in [6.45, 7) is 8.06. The second-order valence-electron chi connectivity index (χ2n) is 3.04. The van der Waals surface area contributed by atoms with Crippen molar-refractivity contribution in [3.05, 3.63) is 0 Å². The lowest BCUT2D eigenvalue weighted by Gasteiger charge is -2.30. The first kappa shape index (κ1) is 5.69. The number of likely N-dealkylation sites (tertiary alicyclic amines) is 1. The fourth-order valence-corrected chi connectivity index (χ4v) is 1.18. The van der Waals surface area contributed by atoms with Crippen LogP contribution in [-0.2, 0) is 0 Å². The molecule has 2 heterocycles. The summed E-state index contributed by atoms with van der Waals surface area (Å²) in [6.07, 6.45) is 1.43. The minimum absolute atomic E-state index is 1.32. The molecule has 0 aromatic carbocycles. The van der Waals surface area contributed by atoms with Crippen molar-refractivity contribution in [2.45, 2.75) is 6.42 Å². The SMILES string of the molecule is C1CN(CCN2CC2)C1. The number of hydrogen-bond donors (Lipinski definition) is 0. The second-order valence-corrected chi connectivity index (χ2v) is 3.04. The second kappa shape index (κ2) is 2.27. The summed E-state index contributed by atoms with van der Waals surface area (Å²) in [6, 6.07) is 0. The van der Waals surface area contributed by atoms with Crippen molar-refractivity contribution >= 4 is 0 Å². The van der Waals surface area contributed by atoms with Gasteiger partial charge >= 0.3 is 0 Å². The van der Waals surface area contributed by atoms with Crippen LogP contribution in [0.3, 0.4) is 0 Å². The van der Waals surface area contributed by atoms with Crippen molar-refractivity contribution in [3.63, 3.8) is 0 Å². The Morgan fingerprint density at radius 3 is 1.67 bits per heavy atom. The van der Waals surface area contributed by atoms with E-state index in [2.05, 4.69) is 9.80 Å². The predicted octanol–water partition coefficient (Wildman–Crippen LogP) is 0.00770. The van der Waals surface area contributed by atoms with Crippen LogP contribution in [-0.4, -0.2) is 49.1 Å². The lowest BCUT2D eigenvalue weighted by Crippen LogP contribution is -2.40. The van der Waals surface area contributed by atoms with Crippen LogP contribution in [0.15, 0.2) is 0 Å². The third kappa shape index (κ3) is 1.43. The van der Waals surface area contributed by atoms with E-state index in [0.717, 1.165) is 0 Å². The largest absolute Gasteiger partial charge is 0.302 e. The molecule has 0 amide bonds. The van der Waals surface area contributed by atoms with E-state index in [4.69, 9.17) is 0 Å². The molecule has 0 radical (unpaired) electrons. The van der Waals surface area contributed by atoms with Crippen LogP contribution in [0, 0.1) is 0 Å². The highest BCUT2D eigenvalue weighted by Crippen LogP contribution is 2.07. The highest BCUT2D eigenvalue weighted by molar-refractivity contribution is 4.76. The molecule has 2 aliphatic rings. The fourth-order valence-electron chi connectivity index (χ4n) is 1.18. The summed E-state index contributed by atoms with van der Waals surface area (Å²) in [5, 5.41) is 0. The maximum Gasteiger partial charge on any atom is 0.0110 e. The highest BCUT2D eigenvalue weighted by atomic mass is 15.3. The predicted molar refractivity (Wildman–Crippen MR) is 37.5 cm³/mol. The van der Waals surface area contributed by atoms with Gasteiger partial charge in [-0.3, -0.25) is 4.90 Å². The van der Waals surface area contributed by atoms with Crippen molar-refractivity contribution in [2.75, 3.05) is 39.3 Å². The molecule has 0 aromatic heterocycles. The summed E-state index contributed by atoms with van der Waals surface area (Å²) >= 11 is 0. The van der Waals surface area contributed by atoms with Gasteiger partial charge in [0, 0.05) is 26.2 Å². The molecule has 0 aliphatic carbocycles. The molecule has 2 saturated heterocycles. The third-order valence-electron chi connectivity index (χ3n) is 2.22. The average Bonchev–Trinajstić information content (AvgIpc) is 2.44. The molecule has 0 saturated carbocycles. The maximum atomic E-state index is 2.53. The minimum Gasteiger partial charge on any atom is -0.302 e. The Morgan fingerprint density at radius 1 is 0.778 bits per heavy atom. The summed E-state index contributed by atoms with van der Waals surface area (Å²) in [5.74, 6) is 0. The van der Waals surface area contributed by atoms with Crippen LogP contribution in [0.2, 0.25) is 0 Å². The molecular weight excluding hydrogens is 112 g/mol. The summed E-state index contributed by atoms with van der Waals surface area (Å²) in [5.41, 5.74) is 0. The number of hydrogen-bond acceptors (Lipinski definition) is 2. The lowest BCUT2D eigenvalue weighted by atomic mass is 10.2. The Morgan fingerprint density at radius 2 is 1.33 bits per heavy atom. The van der Waals surface area contributed by atoms with E-state index in [-0.39, 0.29) is 0 Å². The zero-order chi connectivity index (χ0) is 6.10. The van der Waals surface area contributed by atoms with Gasteiger partial charge in [-0.25, -0.2) is 0 Å². The first-order chi connectivity index (χ1) is 4.45. The first-order valence-corrected chi connectivity index (χ1v) is 3.90. The van der Waals surface area contributed by atoms with Crippen LogP contribution in [0.4, 0.5) is 0 Å². The lowest BCUT2D eigenvalue weighted by molar-refractivity contribution is 0.174.